The number of hydrogen-bond donors (Lipinski definition) is 0. The molecular formula is C26H27NO6S. The van der Waals surface area contributed by atoms with Gasteiger partial charge in [0.1, 0.15) is 6.04 Å². The Hall–Kier alpha value is -3.36. The molecule has 1 heterocycles. The van der Waals surface area contributed by atoms with Crippen LogP contribution in [-0.2, 0) is 16.4 Å². The standard InChI is InChI=1S/C26H27NO6S/c1-17-10-12-20(13-11-17)34(29,30)27-15-14-19-16-21(31-2)25(32-3)26(33-4)22(19)23(27)24(28)18-8-6-5-7-9-18/h5-13,16,23H,14-15H2,1-4H3. The van der Waals surface area contributed by atoms with Crippen molar-refractivity contribution in [3.05, 3.63) is 82.9 Å². The summed E-state index contributed by atoms with van der Waals surface area (Å²) < 4.78 is 45.6. The highest BCUT2D eigenvalue weighted by atomic mass is 32.2. The molecule has 3 aromatic carbocycles. The van der Waals surface area contributed by atoms with Gasteiger partial charge in [0.05, 0.1) is 26.2 Å². The summed E-state index contributed by atoms with van der Waals surface area (Å²) >= 11 is 0. The summed E-state index contributed by atoms with van der Waals surface area (Å²) in [5.41, 5.74) is 2.59. The van der Waals surface area contributed by atoms with Gasteiger partial charge in [0.25, 0.3) is 0 Å². The molecule has 0 saturated heterocycles. The molecule has 0 spiro atoms. The number of Topliss-reactive ketones (excluding diaryl/α,β-unsaturated/α-hetero) is 1. The van der Waals surface area contributed by atoms with Crippen LogP contribution in [0.15, 0.2) is 65.6 Å². The maximum atomic E-state index is 13.9. The van der Waals surface area contributed by atoms with E-state index in [2.05, 4.69) is 0 Å². The van der Waals surface area contributed by atoms with Crippen molar-refractivity contribution in [3.63, 3.8) is 0 Å². The maximum Gasteiger partial charge on any atom is 0.244 e. The van der Waals surface area contributed by atoms with Crippen molar-refractivity contribution in [2.45, 2.75) is 24.3 Å². The van der Waals surface area contributed by atoms with Gasteiger partial charge in [-0.3, -0.25) is 4.79 Å². The van der Waals surface area contributed by atoms with E-state index in [1.165, 1.54) is 25.6 Å². The normalized spacial score (nSPS) is 15.9. The van der Waals surface area contributed by atoms with E-state index in [9.17, 15) is 13.2 Å². The number of benzene rings is 3. The molecule has 8 heteroatoms. The molecule has 1 aliphatic rings. The summed E-state index contributed by atoms with van der Waals surface area (Å²) in [7, 11) is 0.466. The van der Waals surface area contributed by atoms with E-state index in [4.69, 9.17) is 14.2 Å². The van der Waals surface area contributed by atoms with Gasteiger partial charge in [-0.25, -0.2) is 8.42 Å². The minimum absolute atomic E-state index is 0.130. The number of rotatable bonds is 7. The van der Waals surface area contributed by atoms with Crippen molar-refractivity contribution in [2.24, 2.45) is 0 Å². The molecule has 1 unspecified atom stereocenters. The highest BCUT2D eigenvalue weighted by Gasteiger charge is 2.44. The van der Waals surface area contributed by atoms with Gasteiger partial charge in [0.2, 0.25) is 15.8 Å². The molecule has 1 atom stereocenters. The predicted molar refractivity (Wildman–Crippen MR) is 128 cm³/mol. The summed E-state index contributed by atoms with van der Waals surface area (Å²) in [5.74, 6) is 0.709. The van der Waals surface area contributed by atoms with Crippen molar-refractivity contribution in [2.75, 3.05) is 27.9 Å². The van der Waals surface area contributed by atoms with Gasteiger partial charge in [-0.2, -0.15) is 4.31 Å². The highest BCUT2D eigenvalue weighted by Crippen LogP contribution is 2.49. The number of ether oxygens (including phenoxy) is 3. The lowest BCUT2D eigenvalue weighted by Gasteiger charge is -2.37. The van der Waals surface area contributed by atoms with E-state index in [-0.39, 0.29) is 23.0 Å². The Labute approximate surface area is 199 Å². The average Bonchev–Trinajstić information content (AvgIpc) is 2.86. The Morgan fingerprint density at radius 1 is 0.912 bits per heavy atom. The minimum atomic E-state index is -4.00. The van der Waals surface area contributed by atoms with E-state index in [0.29, 0.717) is 29.0 Å². The first-order valence-corrected chi connectivity index (χ1v) is 12.3. The zero-order valence-electron chi connectivity index (χ0n) is 19.6. The van der Waals surface area contributed by atoms with Crippen LogP contribution in [0.25, 0.3) is 0 Å². The lowest BCUT2D eigenvalue weighted by Crippen LogP contribution is -2.43. The van der Waals surface area contributed by atoms with E-state index in [1.54, 1.807) is 60.7 Å². The first-order chi connectivity index (χ1) is 16.3. The largest absolute Gasteiger partial charge is 0.493 e. The number of sulfonamides is 1. The van der Waals surface area contributed by atoms with Crippen LogP contribution in [0.1, 0.15) is 33.1 Å². The highest BCUT2D eigenvalue weighted by molar-refractivity contribution is 7.89. The number of aryl methyl sites for hydroxylation is 1. The molecule has 0 amide bonds. The van der Waals surface area contributed by atoms with Crippen molar-refractivity contribution in [1.82, 2.24) is 4.31 Å². The molecule has 0 radical (unpaired) electrons. The summed E-state index contributed by atoms with van der Waals surface area (Å²) in [6.45, 7) is 2.02. The van der Waals surface area contributed by atoms with Gasteiger partial charge < -0.3 is 14.2 Å². The third-order valence-corrected chi connectivity index (χ3v) is 7.93. The van der Waals surface area contributed by atoms with Gasteiger partial charge in [-0.1, -0.05) is 48.0 Å². The number of fused-ring (bicyclic) bond motifs is 1. The van der Waals surface area contributed by atoms with Crippen molar-refractivity contribution >= 4 is 15.8 Å². The van der Waals surface area contributed by atoms with E-state index in [0.717, 1.165) is 11.1 Å². The molecular weight excluding hydrogens is 454 g/mol. The lowest BCUT2D eigenvalue weighted by molar-refractivity contribution is 0.0883. The second-order valence-electron chi connectivity index (χ2n) is 8.03. The number of ketones is 1. The third kappa shape index (κ3) is 4.03. The SMILES string of the molecule is COc1cc2c(c(OC)c1OC)C(C(=O)c1ccccc1)N(S(=O)(=O)c1ccc(C)cc1)CC2. The lowest BCUT2D eigenvalue weighted by atomic mass is 9.88. The monoisotopic (exact) mass is 481 g/mol. The van der Waals surface area contributed by atoms with Crippen LogP contribution in [0.3, 0.4) is 0 Å². The number of carbonyl (C=O) groups is 1. The van der Waals surface area contributed by atoms with Gasteiger partial charge in [-0.05, 0) is 37.1 Å². The van der Waals surface area contributed by atoms with Crippen molar-refractivity contribution in [3.8, 4) is 17.2 Å². The quantitative estimate of drug-likeness (QED) is 0.471. The maximum absolute atomic E-state index is 13.9. The van der Waals surface area contributed by atoms with Crippen LogP contribution in [-0.4, -0.2) is 46.4 Å². The molecule has 0 aromatic heterocycles. The Balaban J connectivity index is 1.97. The fourth-order valence-electron chi connectivity index (χ4n) is 4.37. The number of carbonyl (C=O) groups excluding carboxylic acids is 1. The molecule has 0 N–H and O–H groups in total. The van der Waals surface area contributed by atoms with Crippen LogP contribution in [0.4, 0.5) is 0 Å². The second-order valence-corrected chi connectivity index (χ2v) is 9.92. The molecule has 34 heavy (non-hydrogen) atoms. The van der Waals surface area contributed by atoms with Crippen molar-refractivity contribution in [1.29, 1.82) is 0 Å². The molecule has 0 saturated carbocycles. The van der Waals surface area contributed by atoms with E-state index >= 15 is 0 Å². The second kappa shape index (κ2) is 9.48. The first kappa shape index (κ1) is 23.8. The van der Waals surface area contributed by atoms with Gasteiger partial charge >= 0.3 is 0 Å². The van der Waals surface area contributed by atoms with E-state index in [1.807, 2.05) is 6.92 Å². The van der Waals surface area contributed by atoms with E-state index < -0.39 is 16.1 Å². The molecule has 178 valence electrons. The fourth-order valence-corrected chi connectivity index (χ4v) is 5.93. The minimum Gasteiger partial charge on any atom is -0.493 e. The number of nitrogens with zero attached hydrogens (tertiary/aromatic N) is 1. The molecule has 0 bridgehead atoms. The fraction of sp³-hybridized carbons (Fsp3) is 0.269. The van der Waals surface area contributed by atoms with Crippen LogP contribution in [0, 0.1) is 6.92 Å². The number of methoxy groups -OCH3 is 3. The summed E-state index contributed by atoms with van der Waals surface area (Å²) in [6.07, 6.45) is 0.385. The van der Waals surface area contributed by atoms with Crippen LogP contribution < -0.4 is 14.2 Å². The average molecular weight is 482 g/mol. The predicted octanol–water partition coefficient (Wildman–Crippen LogP) is 4.19. The van der Waals surface area contributed by atoms with Crippen LogP contribution in [0.2, 0.25) is 0 Å². The Morgan fingerprint density at radius 3 is 2.15 bits per heavy atom. The Bertz CT molecular complexity index is 1300. The molecule has 7 nitrogen and oxygen atoms in total. The summed E-state index contributed by atoms with van der Waals surface area (Å²) in [6, 6.07) is 15.9. The smallest absolute Gasteiger partial charge is 0.244 e. The molecule has 3 aromatic rings. The molecule has 4 rings (SSSR count). The van der Waals surface area contributed by atoms with Gasteiger partial charge in [-0.15, -0.1) is 0 Å². The first-order valence-electron chi connectivity index (χ1n) is 10.8. The van der Waals surface area contributed by atoms with Gasteiger partial charge in [0.15, 0.2) is 17.3 Å². The summed E-state index contributed by atoms with van der Waals surface area (Å²) in [4.78, 5) is 14.0. The van der Waals surface area contributed by atoms with Crippen molar-refractivity contribution < 1.29 is 27.4 Å². The Kier molecular flexibility index (Phi) is 6.63. The zero-order valence-corrected chi connectivity index (χ0v) is 20.4. The molecule has 0 fully saturated rings. The van der Waals surface area contributed by atoms with Gasteiger partial charge in [0, 0.05) is 17.7 Å². The number of hydrogen-bond acceptors (Lipinski definition) is 6. The molecule has 0 aliphatic carbocycles. The topological polar surface area (TPSA) is 82.1 Å². The Morgan fingerprint density at radius 2 is 1.56 bits per heavy atom. The molecule has 1 aliphatic heterocycles. The zero-order chi connectivity index (χ0) is 24.5. The summed E-state index contributed by atoms with van der Waals surface area (Å²) in [5, 5.41) is 0. The van der Waals surface area contributed by atoms with Crippen LogP contribution in [0.5, 0.6) is 17.2 Å². The third-order valence-electron chi connectivity index (χ3n) is 6.05. The van der Waals surface area contributed by atoms with Crippen LogP contribution >= 0.6 is 0 Å².